The molecule has 1 atom stereocenters. The molecule has 1 aromatic heterocycles. The van der Waals surface area contributed by atoms with Crippen LogP contribution < -0.4 is 11.1 Å². The third-order valence-corrected chi connectivity index (χ3v) is 2.62. The highest BCUT2D eigenvalue weighted by atomic mass is 32.2. The molecule has 0 fully saturated rings. The maximum absolute atomic E-state index is 10.7. The van der Waals surface area contributed by atoms with Crippen LogP contribution in [-0.2, 0) is 0 Å². The van der Waals surface area contributed by atoms with E-state index in [1.807, 2.05) is 13.2 Å². The summed E-state index contributed by atoms with van der Waals surface area (Å²) in [7, 11) is 0. The average molecular weight is 243 g/mol. The third kappa shape index (κ3) is 3.23. The molecule has 1 unspecified atom stereocenters. The van der Waals surface area contributed by atoms with E-state index in [4.69, 9.17) is 5.73 Å². The standard InChI is InChI=1S/C8H13N5O2S/c1-5(4-16-2)11-7-6(13(14)15)3-10-8(9)12-7/h3,5H,4H2,1-2H3,(H3,9,10,11,12). The molecule has 0 aromatic carbocycles. The van der Waals surface area contributed by atoms with Crippen LogP contribution in [0.3, 0.4) is 0 Å². The Hall–Kier alpha value is -1.57. The Morgan fingerprint density at radius 3 is 3.00 bits per heavy atom. The zero-order valence-electron chi connectivity index (χ0n) is 9.01. The fourth-order valence-corrected chi connectivity index (χ4v) is 1.74. The average Bonchev–Trinajstić information content (AvgIpc) is 2.17. The van der Waals surface area contributed by atoms with Gasteiger partial charge in [0.2, 0.25) is 11.8 Å². The van der Waals surface area contributed by atoms with Crippen LogP contribution in [0.4, 0.5) is 17.5 Å². The van der Waals surface area contributed by atoms with Crippen molar-refractivity contribution in [1.29, 1.82) is 0 Å². The van der Waals surface area contributed by atoms with Crippen molar-refractivity contribution in [3.8, 4) is 0 Å². The topological polar surface area (TPSA) is 107 Å². The van der Waals surface area contributed by atoms with Gasteiger partial charge in [-0.25, -0.2) is 4.98 Å². The van der Waals surface area contributed by atoms with Gasteiger partial charge in [0, 0.05) is 11.8 Å². The Bertz CT molecular complexity index is 387. The zero-order valence-corrected chi connectivity index (χ0v) is 9.82. The molecule has 16 heavy (non-hydrogen) atoms. The minimum absolute atomic E-state index is 0.0180. The molecule has 0 aliphatic heterocycles. The van der Waals surface area contributed by atoms with Crippen molar-refractivity contribution in [2.24, 2.45) is 0 Å². The minimum Gasteiger partial charge on any atom is -0.368 e. The van der Waals surface area contributed by atoms with Gasteiger partial charge in [0.25, 0.3) is 0 Å². The van der Waals surface area contributed by atoms with E-state index in [9.17, 15) is 10.1 Å². The molecule has 3 N–H and O–H groups in total. The number of nitrogens with two attached hydrogens (primary N) is 1. The van der Waals surface area contributed by atoms with Gasteiger partial charge in [0.05, 0.1) is 4.92 Å². The fraction of sp³-hybridized carbons (Fsp3) is 0.500. The van der Waals surface area contributed by atoms with Crippen LogP contribution in [0.1, 0.15) is 6.92 Å². The fourth-order valence-electron chi connectivity index (χ4n) is 1.15. The molecule has 1 rings (SSSR count). The predicted molar refractivity (Wildman–Crippen MR) is 64.6 cm³/mol. The lowest BCUT2D eigenvalue weighted by Crippen LogP contribution is -2.20. The largest absolute Gasteiger partial charge is 0.368 e. The molecule has 7 nitrogen and oxygen atoms in total. The summed E-state index contributed by atoms with van der Waals surface area (Å²) in [6.45, 7) is 1.92. The van der Waals surface area contributed by atoms with Crippen LogP contribution in [0.15, 0.2) is 6.20 Å². The quantitative estimate of drug-likeness (QED) is 0.589. The van der Waals surface area contributed by atoms with Gasteiger partial charge in [-0.1, -0.05) is 0 Å². The Morgan fingerprint density at radius 2 is 2.44 bits per heavy atom. The molecular formula is C8H13N5O2S. The number of thioether (sulfide) groups is 1. The molecule has 0 radical (unpaired) electrons. The molecule has 88 valence electrons. The molecule has 0 amide bonds. The van der Waals surface area contributed by atoms with E-state index < -0.39 is 4.92 Å². The molecule has 1 heterocycles. The highest BCUT2D eigenvalue weighted by Crippen LogP contribution is 2.22. The monoisotopic (exact) mass is 243 g/mol. The van der Waals surface area contributed by atoms with E-state index in [0.29, 0.717) is 0 Å². The Morgan fingerprint density at radius 1 is 1.75 bits per heavy atom. The predicted octanol–water partition coefficient (Wildman–Crippen LogP) is 1.13. The van der Waals surface area contributed by atoms with Crippen LogP contribution >= 0.6 is 11.8 Å². The van der Waals surface area contributed by atoms with Crippen LogP contribution in [0.25, 0.3) is 0 Å². The van der Waals surface area contributed by atoms with E-state index in [0.717, 1.165) is 11.9 Å². The summed E-state index contributed by atoms with van der Waals surface area (Å²) in [6, 6.07) is 0.0722. The number of aromatic nitrogens is 2. The van der Waals surface area contributed by atoms with Crippen LogP contribution in [0.5, 0.6) is 0 Å². The minimum atomic E-state index is -0.534. The molecule has 1 aromatic rings. The van der Waals surface area contributed by atoms with Gasteiger partial charge in [-0.3, -0.25) is 10.1 Å². The van der Waals surface area contributed by atoms with Gasteiger partial charge in [-0.2, -0.15) is 16.7 Å². The van der Waals surface area contributed by atoms with Gasteiger partial charge in [-0.15, -0.1) is 0 Å². The number of hydrogen-bond acceptors (Lipinski definition) is 7. The van der Waals surface area contributed by atoms with Crippen molar-refractivity contribution in [3.63, 3.8) is 0 Å². The zero-order chi connectivity index (χ0) is 12.1. The smallest absolute Gasteiger partial charge is 0.329 e. The van der Waals surface area contributed by atoms with Crippen molar-refractivity contribution < 1.29 is 4.92 Å². The third-order valence-electron chi connectivity index (χ3n) is 1.78. The first-order valence-electron chi connectivity index (χ1n) is 4.57. The van der Waals surface area contributed by atoms with Gasteiger partial charge < -0.3 is 11.1 Å². The van der Waals surface area contributed by atoms with E-state index in [2.05, 4.69) is 15.3 Å². The number of nitrogen functional groups attached to an aromatic ring is 1. The Kier molecular flexibility index (Phi) is 4.29. The number of nitrogens with one attached hydrogen (secondary N) is 1. The van der Waals surface area contributed by atoms with Crippen molar-refractivity contribution in [1.82, 2.24) is 9.97 Å². The van der Waals surface area contributed by atoms with Crippen LogP contribution in [-0.4, -0.2) is 32.9 Å². The van der Waals surface area contributed by atoms with E-state index >= 15 is 0 Å². The number of anilines is 2. The Labute approximate surface area is 97.0 Å². The van der Waals surface area contributed by atoms with Crippen molar-refractivity contribution in [3.05, 3.63) is 16.3 Å². The first-order valence-corrected chi connectivity index (χ1v) is 5.96. The summed E-state index contributed by atoms with van der Waals surface area (Å²) < 4.78 is 0. The van der Waals surface area contributed by atoms with Crippen LogP contribution in [0.2, 0.25) is 0 Å². The molecule has 0 saturated carbocycles. The normalized spacial score (nSPS) is 12.1. The van der Waals surface area contributed by atoms with Crippen molar-refractivity contribution in [2.45, 2.75) is 13.0 Å². The van der Waals surface area contributed by atoms with Gasteiger partial charge in [0.15, 0.2) is 0 Å². The number of nitro groups is 1. The van der Waals surface area contributed by atoms with Gasteiger partial charge in [0.1, 0.15) is 6.20 Å². The van der Waals surface area contributed by atoms with Crippen molar-refractivity contribution >= 4 is 29.2 Å². The van der Waals surface area contributed by atoms with Gasteiger partial charge in [-0.05, 0) is 13.2 Å². The van der Waals surface area contributed by atoms with E-state index in [1.165, 1.54) is 0 Å². The lowest BCUT2D eigenvalue weighted by Gasteiger charge is -2.12. The number of hydrogen-bond donors (Lipinski definition) is 2. The highest BCUT2D eigenvalue weighted by Gasteiger charge is 2.17. The maximum atomic E-state index is 10.7. The second-order valence-corrected chi connectivity index (χ2v) is 4.13. The summed E-state index contributed by atoms with van der Waals surface area (Å²) in [5.74, 6) is 1.00. The summed E-state index contributed by atoms with van der Waals surface area (Å²) in [5.41, 5.74) is 5.22. The number of rotatable bonds is 5. The molecular weight excluding hydrogens is 230 g/mol. The lowest BCUT2D eigenvalue weighted by atomic mass is 10.3. The SMILES string of the molecule is CSCC(C)Nc1nc(N)ncc1[N+](=O)[O-]. The van der Waals surface area contributed by atoms with Crippen LogP contribution in [0, 0.1) is 10.1 Å². The van der Waals surface area contributed by atoms with E-state index in [1.54, 1.807) is 11.8 Å². The first kappa shape index (κ1) is 12.5. The molecule has 0 saturated heterocycles. The molecule has 0 bridgehead atoms. The lowest BCUT2D eigenvalue weighted by molar-refractivity contribution is -0.384. The first-order chi connectivity index (χ1) is 7.54. The molecule has 0 spiro atoms. The summed E-state index contributed by atoms with van der Waals surface area (Å²) in [4.78, 5) is 17.6. The molecule has 0 aliphatic carbocycles. The maximum Gasteiger partial charge on any atom is 0.329 e. The van der Waals surface area contributed by atoms with Gasteiger partial charge >= 0.3 is 5.69 Å². The van der Waals surface area contributed by atoms with E-state index in [-0.39, 0.29) is 23.5 Å². The molecule has 8 heteroatoms. The van der Waals surface area contributed by atoms with Crippen molar-refractivity contribution in [2.75, 3.05) is 23.1 Å². The second kappa shape index (κ2) is 5.50. The summed E-state index contributed by atoms with van der Waals surface area (Å²) in [6.07, 6.45) is 3.07. The number of nitrogens with zero attached hydrogens (tertiary/aromatic N) is 3. The molecule has 0 aliphatic rings. The summed E-state index contributed by atoms with van der Waals surface area (Å²) >= 11 is 1.64. The highest BCUT2D eigenvalue weighted by molar-refractivity contribution is 7.98. The summed E-state index contributed by atoms with van der Waals surface area (Å²) in [5, 5.41) is 13.7. The Balaban J connectivity index is 2.92. The second-order valence-electron chi connectivity index (χ2n) is 3.22.